The van der Waals surface area contributed by atoms with Crippen LogP contribution >= 0.6 is 0 Å². The fourth-order valence-electron chi connectivity index (χ4n) is 2.80. The van der Waals surface area contributed by atoms with Gasteiger partial charge in [0.15, 0.2) is 0 Å². The Balaban J connectivity index is 1.90. The largest absolute Gasteiger partial charge is 0.468 e. The Morgan fingerprint density at radius 1 is 1.15 bits per heavy atom. The molecule has 2 aromatic rings. The minimum absolute atomic E-state index is 0.189. The average Bonchev–Trinajstić information content (AvgIpc) is 2.85. The minimum atomic E-state index is -0.295. The van der Waals surface area contributed by atoms with Crippen LogP contribution in [0.25, 0.3) is 0 Å². The van der Waals surface area contributed by atoms with E-state index in [0.29, 0.717) is 0 Å². The van der Waals surface area contributed by atoms with Crippen molar-refractivity contribution in [3.63, 3.8) is 0 Å². The van der Waals surface area contributed by atoms with Gasteiger partial charge in [-0.1, -0.05) is 54.6 Å². The van der Waals surface area contributed by atoms with Gasteiger partial charge in [-0.3, -0.25) is 4.90 Å². The summed E-state index contributed by atoms with van der Waals surface area (Å²) in [6.45, 7) is 1.53. The maximum absolute atomic E-state index is 12.1. The van der Waals surface area contributed by atoms with Crippen molar-refractivity contribution in [2.24, 2.45) is 0 Å². The third-order valence-electron chi connectivity index (χ3n) is 3.74. The van der Waals surface area contributed by atoms with Crippen LogP contribution in [0.4, 0.5) is 0 Å². The Morgan fingerprint density at radius 2 is 1.85 bits per heavy atom. The van der Waals surface area contributed by atoms with Crippen LogP contribution in [0.15, 0.2) is 54.6 Å². The molecular formula is C17H17NO2. The highest BCUT2D eigenvalue weighted by Crippen LogP contribution is 2.35. The number of methoxy groups -OCH3 is 1. The van der Waals surface area contributed by atoms with Gasteiger partial charge in [0.05, 0.1) is 7.11 Å². The summed E-state index contributed by atoms with van der Waals surface area (Å²) in [7, 11) is 1.45. The number of hydrogen-bond acceptors (Lipinski definition) is 3. The fraction of sp³-hybridized carbons (Fsp3) is 0.235. The summed E-state index contributed by atoms with van der Waals surface area (Å²) in [5.41, 5.74) is 3.48. The molecule has 1 unspecified atom stereocenters. The van der Waals surface area contributed by atoms with Gasteiger partial charge in [0.1, 0.15) is 6.04 Å². The Bertz CT molecular complexity index is 609. The summed E-state index contributed by atoms with van der Waals surface area (Å²) < 4.78 is 4.98. The first kappa shape index (κ1) is 12.9. The summed E-state index contributed by atoms with van der Waals surface area (Å²) in [6, 6.07) is 18.0. The number of rotatable bonds is 3. The zero-order valence-corrected chi connectivity index (χ0v) is 11.5. The highest BCUT2D eigenvalue weighted by molar-refractivity contribution is 5.79. The van der Waals surface area contributed by atoms with E-state index in [-0.39, 0.29) is 12.0 Å². The number of benzene rings is 2. The minimum Gasteiger partial charge on any atom is -0.468 e. The van der Waals surface area contributed by atoms with Crippen molar-refractivity contribution in [2.45, 2.75) is 19.1 Å². The number of fused-ring (bicyclic) bond motifs is 1. The van der Waals surface area contributed by atoms with E-state index in [2.05, 4.69) is 23.1 Å². The molecule has 0 N–H and O–H groups in total. The second-order valence-corrected chi connectivity index (χ2v) is 5.02. The molecule has 0 aliphatic carbocycles. The molecular weight excluding hydrogens is 250 g/mol. The van der Waals surface area contributed by atoms with Crippen molar-refractivity contribution in [1.29, 1.82) is 0 Å². The maximum atomic E-state index is 12.1. The van der Waals surface area contributed by atoms with Crippen LogP contribution in [0.5, 0.6) is 0 Å². The number of hydrogen-bond donors (Lipinski definition) is 0. The molecule has 0 radical (unpaired) electrons. The molecule has 1 aliphatic rings. The molecule has 0 saturated carbocycles. The summed E-state index contributed by atoms with van der Waals surface area (Å²) in [6.07, 6.45) is 0. The first-order valence-electron chi connectivity index (χ1n) is 6.73. The number of carbonyl (C=O) groups is 1. The van der Waals surface area contributed by atoms with E-state index in [1.54, 1.807) is 0 Å². The van der Waals surface area contributed by atoms with Gasteiger partial charge in [0.2, 0.25) is 0 Å². The third-order valence-corrected chi connectivity index (χ3v) is 3.74. The highest BCUT2D eigenvalue weighted by atomic mass is 16.5. The van der Waals surface area contributed by atoms with Crippen LogP contribution in [0, 0.1) is 0 Å². The quantitative estimate of drug-likeness (QED) is 0.801. The molecule has 0 saturated heterocycles. The van der Waals surface area contributed by atoms with Gasteiger partial charge < -0.3 is 4.74 Å². The van der Waals surface area contributed by atoms with Crippen LogP contribution in [0.1, 0.15) is 22.7 Å². The van der Waals surface area contributed by atoms with Crippen LogP contribution in [-0.2, 0) is 22.6 Å². The van der Waals surface area contributed by atoms with Crippen molar-refractivity contribution in [3.05, 3.63) is 71.3 Å². The molecule has 1 atom stereocenters. The van der Waals surface area contributed by atoms with Gasteiger partial charge >= 0.3 is 5.97 Å². The Kier molecular flexibility index (Phi) is 3.52. The van der Waals surface area contributed by atoms with Gasteiger partial charge in [-0.15, -0.1) is 0 Å². The van der Waals surface area contributed by atoms with Crippen LogP contribution in [0.3, 0.4) is 0 Å². The summed E-state index contributed by atoms with van der Waals surface area (Å²) in [4.78, 5) is 14.3. The SMILES string of the molecule is COC(=O)C1c2ccccc2CN1Cc1ccccc1. The van der Waals surface area contributed by atoms with E-state index >= 15 is 0 Å². The van der Waals surface area contributed by atoms with E-state index in [0.717, 1.165) is 18.7 Å². The number of carbonyl (C=O) groups excluding carboxylic acids is 1. The van der Waals surface area contributed by atoms with Gasteiger partial charge in [0.25, 0.3) is 0 Å². The summed E-state index contributed by atoms with van der Waals surface area (Å²) >= 11 is 0. The molecule has 0 aromatic heterocycles. The second kappa shape index (κ2) is 5.47. The Morgan fingerprint density at radius 3 is 2.60 bits per heavy atom. The van der Waals surface area contributed by atoms with E-state index in [9.17, 15) is 4.79 Å². The molecule has 0 amide bonds. The topological polar surface area (TPSA) is 29.5 Å². The molecule has 0 bridgehead atoms. The molecule has 1 heterocycles. The van der Waals surface area contributed by atoms with E-state index < -0.39 is 0 Å². The Hall–Kier alpha value is -2.13. The van der Waals surface area contributed by atoms with Crippen molar-refractivity contribution >= 4 is 5.97 Å². The summed E-state index contributed by atoms with van der Waals surface area (Å²) in [5.74, 6) is -0.189. The van der Waals surface area contributed by atoms with Crippen LogP contribution < -0.4 is 0 Å². The second-order valence-electron chi connectivity index (χ2n) is 5.02. The molecule has 3 heteroatoms. The predicted molar refractivity (Wildman–Crippen MR) is 76.9 cm³/mol. The highest BCUT2D eigenvalue weighted by Gasteiger charge is 2.35. The molecule has 1 aliphatic heterocycles. The lowest BCUT2D eigenvalue weighted by Crippen LogP contribution is -2.28. The van der Waals surface area contributed by atoms with E-state index in [4.69, 9.17) is 4.74 Å². The standard InChI is InChI=1S/C17H17NO2/c1-20-17(19)16-15-10-6-5-9-14(15)12-18(16)11-13-7-3-2-4-8-13/h2-10,16H,11-12H2,1H3. The van der Waals surface area contributed by atoms with Crippen LogP contribution in [0.2, 0.25) is 0 Å². The smallest absolute Gasteiger partial charge is 0.327 e. The predicted octanol–water partition coefficient (Wildman–Crippen LogP) is 2.92. The normalized spacial score (nSPS) is 17.8. The van der Waals surface area contributed by atoms with Gasteiger partial charge in [-0.2, -0.15) is 0 Å². The van der Waals surface area contributed by atoms with Crippen molar-refractivity contribution in [2.75, 3.05) is 7.11 Å². The monoisotopic (exact) mass is 267 g/mol. The Labute approximate surface area is 118 Å². The van der Waals surface area contributed by atoms with Crippen molar-refractivity contribution in [3.8, 4) is 0 Å². The third kappa shape index (κ3) is 2.32. The maximum Gasteiger partial charge on any atom is 0.327 e. The molecule has 20 heavy (non-hydrogen) atoms. The lowest BCUT2D eigenvalue weighted by atomic mass is 10.1. The van der Waals surface area contributed by atoms with E-state index in [1.807, 2.05) is 36.4 Å². The van der Waals surface area contributed by atoms with Crippen LogP contribution in [-0.4, -0.2) is 18.0 Å². The van der Waals surface area contributed by atoms with E-state index in [1.165, 1.54) is 18.2 Å². The van der Waals surface area contributed by atoms with Gasteiger partial charge in [0, 0.05) is 13.1 Å². The zero-order chi connectivity index (χ0) is 13.9. The number of nitrogens with zero attached hydrogens (tertiary/aromatic N) is 1. The first-order chi connectivity index (χ1) is 9.79. The zero-order valence-electron chi connectivity index (χ0n) is 11.5. The summed E-state index contributed by atoms with van der Waals surface area (Å²) in [5, 5.41) is 0. The lowest BCUT2D eigenvalue weighted by molar-refractivity contribution is -0.147. The molecule has 3 nitrogen and oxygen atoms in total. The molecule has 0 fully saturated rings. The lowest BCUT2D eigenvalue weighted by Gasteiger charge is -2.22. The number of esters is 1. The molecule has 0 spiro atoms. The first-order valence-corrected chi connectivity index (χ1v) is 6.73. The molecule has 3 rings (SSSR count). The van der Waals surface area contributed by atoms with Crippen molar-refractivity contribution in [1.82, 2.24) is 4.90 Å². The average molecular weight is 267 g/mol. The van der Waals surface area contributed by atoms with Crippen molar-refractivity contribution < 1.29 is 9.53 Å². The van der Waals surface area contributed by atoms with Gasteiger partial charge in [-0.25, -0.2) is 4.79 Å². The fourth-order valence-corrected chi connectivity index (χ4v) is 2.80. The molecule has 102 valence electrons. The number of ether oxygens (including phenoxy) is 1. The van der Waals surface area contributed by atoms with Gasteiger partial charge in [-0.05, 0) is 16.7 Å². The molecule has 2 aromatic carbocycles.